The van der Waals surface area contributed by atoms with Crippen LogP contribution in [0.25, 0.3) is 0 Å². The summed E-state index contributed by atoms with van der Waals surface area (Å²) in [5, 5.41) is 0. The summed E-state index contributed by atoms with van der Waals surface area (Å²) >= 11 is 6.29. The molecule has 3 atom stereocenters. The van der Waals surface area contributed by atoms with Gasteiger partial charge in [0.25, 0.3) is 0 Å². The van der Waals surface area contributed by atoms with E-state index in [4.69, 9.17) is 11.6 Å². The second-order valence-electron chi connectivity index (χ2n) is 6.81. The first kappa shape index (κ1) is 11.0. The van der Waals surface area contributed by atoms with Crippen LogP contribution in [0.2, 0.25) is 25.7 Å². The number of hydrogen-bond acceptors (Lipinski definition) is 0. The first-order valence-corrected chi connectivity index (χ1v) is 10.3. The zero-order chi connectivity index (χ0) is 10.4. The Kier molecular flexibility index (Phi) is 2.77. The van der Waals surface area contributed by atoms with E-state index < -0.39 is 8.07 Å². The molecular formula is C12H23ClSi. The molecule has 2 rings (SSSR count). The van der Waals surface area contributed by atoms with Gasteiger partial charge in [-0.2, -0.15) is 0 Å². The Hall–Kier alpha value is 0.507. The van der Waals surface area contributed by atoms with Crippen LogP contribution in [0.5, 0.6) is 0 Å². The van der Waals surface area contributed by atoms with Crippen LogP contribution in [0.1, 0.15) is 25.7 Å². The Balaban J connectivity index is 2.11. The molecule has 0 amide bonds. The van der Waals surface area contributed by atoms with E-state index in [9.17, 15) is 0 Å². The summed E-state index contributed by atoms with van der Waals surface area (Å²) in [4.78, 5) is 0. The fourth-order valence-electron chi connectivity index (χ4n) is 4.04. The maximum absolute atomic E-state index is 6.29. The van der Waals surface area contributed by atoms with Gasteiger partial charge >= 0.3 is 0 Å². The summed E-state index contributed by atoms with van der Waals surface area (Å²) in [6.07, 6.45) is 5.92. The normalized spacial score (nSPS) is 42.0. The molecule has 14 heavy (non-hydrogen) atoms. The van der Waals surface area contributed by atoms with E-state index in [1.54, 1.807) is 0 Å². The largest absolute Gasteiger partial charge is 0.126 e. The summed E-state index contributed by atoms with van der Waals surface area (Å²) in [5.74, 6) is 2.95. The summed E-state index contributed by atoms with van der Waals surface area (Å²) in [7, 11) is -0.938. The van der Waals surface area contributed by atoms with Crippen molar-refractivity contribution >= 4 is 19.7 Å². The average molecular weight is 231 g/mol. The van der Waals surface area contributed by atoms with Crippen molar-refractivity contribution in [2.45, 2.75) is 51.4 Å². The summed E-state index contributed by atoms with van der Waals surface area (Å²) in [6, 6.07) is 1.46. The van der Waals surface area contributed by atoms with Gasteiger partial charge in [-0.1, -0.05) is 32.1 Å². The van der Waals surface area contributed by atoms with Crippen molar-refractivity contribution in [2.75, 3.05) is 5.88 Å². The number of halogens is 1. The predicted octanol–water partition coefficient (Wildman–Crippen LogP) is 4.37. The van der Waals surface area contributed by atoms with Gasteiger partial charge in [-0.25, -0.2) is 0 Å². The highest BCUT2D eigenvalue weighted by Crippen LogP contribution is 2.59. The van der Waals surface area contributed by atoms with Crippen LogP contribution in [0.3, 0.4) is 0 Å². The molecule has 0 nitrogen and oxygen atoms in total. The molecule has 0 aromatic heterocycles. The molecule has 2 heteroatoms. The van der Waals surface area contributed by atoms with Crippen LogP contribution >= 0.6 is 11.6 Å². The van der Waals surface area contributed by atoms with E-state index in [0.717, 1.165) is 17.7 Å². The Morgan fingerprint density at radius 2 is 2.00 bits per heavy atom. The molecule has 2 fully saturated rings. The highest BCUT2D eigenvalue weighted by Gasteiger charge is 2.51. The summed E-state index contributed by atoms with van der Waals surface area (Å²) < 4.78 is 0. The molecule has 0 N–H and O–H groups in total. The van der Waals surface area contributed by atoms with Gasteiger partial charge in [0.05, 0.1) is 0 Å². The smallest absolute Gasteiger partial charge is 0.0448 e. The average Bonchev–Trinajstić information content (AvgIpc) is 2.60. The lowest BCUT2D eigenvalue weighted by Gasteiger charge is -2.40. The van der Waals surface area contributed by atoms with Crippen molar-refractivity contribution in [1.29, 1.82) is 0 Å². The fourth-order valence-corrected chi connectivity index (χ4v) is 7.29. The standard InChI is InChI=1S/C12H23ClSi/c1-14(2,3)9-12(8-13)7-10-4-5-11(12)6-10/h10-11H,4-9H2,1-3H3. The van der Waals surface area contributed by atoms with Gasteiger partial charge in [-0.3, -0.25) is 0 Å². The molecule has 0 aliphatic heterocycles. The zero-order valence-electron chi connectivity index (χ0n) is 9.78. The molecule has 3 unspecified atom stereocenters. The fraction of sp³-hybridized carbons (Fsp3) is 1.00. The summed E-state index contributed by atoms with van der Waals surface area (Å²) in [6.45, 7) is 7.48. The molecule has 0 heterocycles. The SMILES string of the molecule is C[Si](C)(C)CC1(CCl)CC2CCC1C2. The third-order valence-corrected chi connectivity index (χ3v) is 6.55. The van der Waals surface area contributed by atoms with E-state index in [1.165, 1.54) is 31.7 Å². The molecule has 0 aromatic rings. The van der Waals surface area contributed by atoms with E-state index in [-0.39, 0.29) is 0 Å². The molecule has 2 aliphatic rings. The van der Waals surface area contributed by atoms with Crippen molar-refractivity contribution in [3.63, 3.8) is 0 Å². The van der Waals surface area contributed by atoms with Gasteiger partial charge in [0.2, 0.25) is 0 Å². The van der Waals surface area contributed by atoms with Crippen LogP contribution < -0.4 is 0 Å². The highest BCUT2D eigenvalue weighted by molar-refractivity contribution is 6.76. The quantitative estimate of drug-likeness (QED) is 0.499. The lowest BCUT2D eigenvalue weighted by atomic mass is 9.76. The van der Waals surface area contributed by atoms with E-state index in [1.807, 2.05) is 0 Å². The number of rotatable bonds is 3. The summed E-state index contributed by atoms with van der Waals surface area (Å²) in [5.41, 5.74) is 0.564. The minimum Gasteiger partial charge on any atom is -0.126 e. The van der Waals surface area contributed by atoms with Crippen LogP contribution in [-0.2, 0) is 0 Å². The number of fused-ring (bicyclic) bond motifs is 2. The lowest BCUT2D eigenvalue weighted by molar-refractivity contribution is 0.219. The van der Waals surface area contributed by atoms with E-state index >= 15 is 0 Å². The minimum atomic E-state index is -0.938. The maximum atomic E-state index is 6.29. The van der Waals surface area contributed by atoms with Crippen molar-refractivity contribution in [2.24, 2.45) is 17.3 Å². The first-order valence-electron chi connectivity index (χ1n) is 6.01. The van der Waals surface area contributed by atoms with Crippen LogP contribution in [0.15, 0.2) is 0 Å². The van der Waals surface area contributed by atoms with Gasteiger partial charge in [0, 0.05) is 14.0 Å². The van der Waals surface area contributed by atoms with E-state index in [2.05, 4.69) is 19.6 Å². The Morgan fingerprint density at radius 3 is 2.36 bits per heavy atom. The van der Waals surface area contributed by atoms with Crippen LogP contribution in [-0.4, -0.2) is 14.0 Å². The van der Waals surface area contributed by atoms with Crippen molar-refractivity contribution in [3.8, 4) is 0 Å². The molecule has 0 saturated heterocycles. The molecule has 2 bridgehead atoms. The molecule has 0 spiro atoms. The Bertz CT molecular complexity index is 221. The van der Waals surface area contributed by atoms with Crippen molar-refractivity contribution in [3.05, 3.63) is 0 Å². The molecule has 0 aromatic carbocycles. The van der Waals surface area contributed by atoms with Crippen LogP contribution in [0.4, 0.5) is 0 Å². The van der Waals surface area contributed by atoms with Crippen LogP contribution in [0, 0.1) is 17.3 Å². The Morgan fingerprint density at radius 1 is 1.29 bits per heavy atom. The zero-order valence-corrected chi connectivity index (χ0v) is 11.5. The number of hydrogen-bond donors (Lipinski definition) is 0. The first-order chi connectivity index (χ1) is 6.45. The molecule has 2 aliphatic carbocycles. The molecular weight excluding hydrogens is 208 g/mol. The van der Waals surface area contributed by atoms with Gasteiger partial charge in [0.1, 0.15) is 0 Å². The third-order valence-electron chi connectivity index (χ3n) is 4.25. The topological polar surface area (TPSA) is 0 Å². The second kappa shape index (κ2) is 3.52. The van der Waals surface area contributed by atoms with E-state index in [0.29, 0.717) is 5.41 Å². The van der Waals surface area contributed by atoms with Gasteiger partial charge in [-0.15, -0.1) is 11.6 Å². The Labute approximate surface area is 94.4 Å². The third kappa shape index (κ3) is 1.90. The monoisotopic (exact) mass is 230 g/mol. The van der Waals surface area contributed by atoms with Crippen molar-refractivity contribution in [1.82, 2.24) is 0 Å². The minimum absolute atomic E-state index is 0.564. The molecule has 82 valence electrons. The number of alkyl halides is 1. The molecule has 2 saturated carbocycles. The predicted molar refractivity (Wildman–Crippen MR) is 66.8 cm³/mol. The van der Waals surface area contributed by atoms with Gasteiger partial charge in [-0.05, 0) is 36.5 Å². The van der Waals surface area contributed by atoms with Gasteiger partial charge in [0.15, 0.2) is 0 Å². The van der Waals surface area contributed by atoms with Gasteiger partial charge < -0.3 is 0 Å². The maximum Gasteiger partial charge on any atom is 0.0448 e. The lowest BCUT2D eigenvalue weighted by Crippen LogP contribution is -2.38. The molecule has 0 radical (unpaired) electrons. The second-order valence-corrected chi connectivity index (χ2v) is 12.6. The van der Waals surface area contributed by atoms with Crippen molar-refractivity contribution < 1.29 is 0 Å². The highest BCUT2D eigenvalue weighted by atomic mass is 35.5.